The van der Waals surface area contributed by atoms with E-state index in [0.717, 1.165) is 0 Å². The fourth-order valence-corrected chi connectivity index (χ4v) is 1.17. The molecular weight excluding hydrogens is 196 g/mol. The van der Waals surface area contributed by atoms with Crippen molar-refractivity contribution in [3.63, 3.8) is 0 Å². The molecule has 5 nitrogen and oxygen atoms in total. The average molecular weight is 214 g/mol. The highest BCUT2D eigenvalue weighted by atomic mass is 16.5. The van der Waals surface area contributed by atoms with Crippen LogP contribution < -0.4 is 0 Å². The molecule has 0 bridgehead atoms. The molecule has 1 N–H and O–H groups in total. The standard InChI is InChI=1S/C10H18N2O3/c1-2-14-5-6-15-8-10(13)7-12-4-3-11-9-12/h3-4,9-10,13H,2,5-8H2,1H3. The minimum absolute atomic E-state index is 0.325. The fraction of sp³-hybridized carbons (Fsp3) is 0.700. The Hall–Kier alpha value is -0.910. The van der Waals surface area contributed by atoms with Crippen LogP contribution in [-0.4, -0.2) is 47.2 Å². The maximum Gasteiger partial charge on any atom is 0.0952 e. The second-order valence-corrected chi connectivity index (χ2v) is 3.19. The fourth-order valence-electron chi connectivity index (χ4n) is 1.17. The Bertz CT molecular complexity index is 239. The molecule has 15 heavy (non-hydrogen) atoms. The third kappa shape index (κ3) is 5.51. The number of nitrogens with zero attached hydrogens (tertiary/aromatic N) is 2. The van der Waals surface area contributed by atoms with Gasteiger partial charge in [-0.3, -0.25) is 0 Å². The molecule has 1 rings (SSSR count). The molecule has 1 aromatic rings. The number of aromatic nitrogens is 2. The Morgan fingerprint density at radius 3 is 2.87 bits per heavy atom. The predicted molar refractivity (Wildman–Crippen MR) is 55.5 cm³/mol. The van der Waals surface area contributed by atoms with Gasteiger partial charge in [-0.05, 0) is 6.92 Å². The van der Waals surface area contributed by atoms with Gasteiger partial charge >= 0.3 is 0 Å². The van der Waals surface area contributed by atoms with Gasteiger partial charge in [0.25, 0.3) is 0 Å². The Morgan fingerprint density at radius 1 is 1.40 bits per heavy atom. The van der Waals surface area contributed by atoms with Gasteiger partial charge in [0.1, 0.15) is 0 Å². The lowest BCUT2D eigenvalue weighted by Gasteiger charge is -2.11. The number of hydrogen-bond acceptors (Lipinski definition) is 4. The minimum Gasteiger partial charge on any atom is -0.389 e. The topological polar surface area (TPSA) is 56.5 Å². The molecule has 0 amide bonds. The Labute approximate surface area is 89.6 Å². The number of ether oxygens (including phenoxy) is 2. The first-order chi connectivity index (χ1) is 7.33. The molecule has 5 heteroatoms. The van der Waals surface area contributed by atoms with Crippen LogP contribution in [0, 0.1) is 0 Å². The Kier molecular flexibility index (Phi) is 5.99. The van der Waals surface area contributed by atoms with Crippen molar-refractivity contribution >= 4 is 0 Å². The van der Waals surface area contributed by atoms with Crippen molar-refractivity contribution in [3.8, 4) is 0 Å². The highest BCUT2D eigenvalue weighted by Crippen LogP contribution is 1.93. The van der Waals surface area contributed by atoms with E-state index in [1.54, 1.807) is 12.5 Å². The summed E-state index contributed by atoms with van der Waals surface area (Å²) < 4.78 is 12.2. The first-order valence-electron chi connectivity index (χ1n) is 5.12. The number of rotatable bonds is 8. The van der Waals surface area contributed by atoms with Crippen molar-refractivity contribution in [3.05, 3.63) is 18.7 Å². The van der Waals surface area contributed by atoms with Crippen LogP contribution in [-0.2, 0) is 16.0 Å². The number of aliphatic hydroxyl groups excluding tert-OH is 1. The number of imidazole rings is 1. The van der Waals surface area contributed by atoms with E-state index in [-0.39, 0.29) is 0 Å². The zero-order chi connectivity index (χ0) is 10.9. The molecule has 0 aliphatic heterocycles. The first-order valence-corrected chi connectivity index (χ1v) is 5.12. The lowest BCUT2D eigenvalue weighted by Crippen LogP contribution is -2.22. The van der Waals surface area contributed by atoms with Crippen molar-refractivity contribution in [1.29, 1.82) is 0 Å². The van der Waals surface area contributed by atoms with Crippen LogP contribution in [0.15, 0.2) is 18.7 Å². The normalized spacial score (nSPS) is 12.9. The molecule has 0 radical (unpaired) electrons. The van der Waals surface area contributed by atoms with Crippen LogP contribution in [0.3, 0.4) is 0 Å². The molecule has 0 aliphatic rings. The zero-order valence-corrected chi connectivity index (χ0v) is 9.00. The van der Waals surface area contributed by atoms with Crippen LogP contribution in [0.1, 0.15) is 6.92 Å². The molecule has 1 heterocycles. The van der Waals surface area contributed by atoms with Crippen LogP contribution in [0.25, 0.3) is 0 Å². The van der Waals surface area contributed by atoms with Gasteiger partial charge in [0, 0.05) is 19.0 Å². The van der Waals surface area contributed by atoms with E-state index in [0.29, 0.717) is 33.0 Å². The van der Waals surface area contributed by atoms with Crippen molar-refractivity contribution in [2.75, 3.05) is 26.4 Å². The monoisotopic (exact) mass is 214 g/mol. The maximum absolute atomic E-state index is 9.56. The molecule has 1 atom stereocenters. The van der Waals surface area contributed by atoms with E-state index in [1.165, 1.54) is 0 Å². The lowest BCUT2D eigenvalue weighted by atomic mass is 10.4. The second-order valence-electron chi connectivity index (χ2n) is 3.19. The lowest BCUT2D eigenvalue weighted by molar-refractivity contribution is 0.000715. The van der Waals surface area contributed by atoms with Gasteiger partial charge in [-0.2, -0.15) is 0 Å². The summed E-state index contributed by atoms with van der Waals surface area (Å²) in [7, 11) is 0. The molecule has 0 saturated heterocycles. The molecule has 1 unspecified atom stereocenters. The van der Waals surface area contributed by atoms with Crippen molar-refractivity contribution in [2.45, 2.75) is 19.6 Å². The minimum atomic E-state index is -0.499. The predicted octanol–water partition coefficient (Wildman–Crippen LogP) is 0.297. The van der Waals surface area contributed by atoms with Gasteiger partial charge in [-0.1, -0.05) is 0 Å². The average Bonchev–Trinajstić information content (AvgIpc) is 2.70. The first kappa shape index (κ1) is 12.2. The zero-order valence-electron chi connectivity index (χ0n) is 9.00. The molecule has 86 valence electrons. The summed E-state index contributed by atoms with van der Waals surface area (Å²) in [6.45, 7) is 4.57. The molecule has 0 saturated carbocycles. The quantitative estimate of drug-likeness (QED) is 0.632. The van der Waals surface area contributed by atoms with Gasteiger partial charge in [-0.15, -0.1) is 0 Å². The van der Waals surface area contributed by atoms with E-state index in [2.05, 4.69) is 4.98 Å². The number of hydrogen-bond donors (Lipinski definition) is 1. The summed E-state index contributed by atoms with van der Waals surface area (Å²) in [6, 6.07) is 0. The molecule has 0 fully saturated rings. The van der Waals surface area contributed by atoms with E-state index in [1.807, 2.05) is 17.7 Å². The van der Waals surface area contributed by atoms with E-state index in [4.69, 9.17) is 9.47 Å². The van der Waals surface area contributed by atoms with Crippen LogP contribution in [0.5, 0.6) is 0 Å². The van der Waals surface area contributed by atoms with Gasteiger partial charge in [-0.25, -0.2) is 4.98 Å². The van der Waals surface area contributed by atoms with Gasteiger partial charge in [0.2, 0.25) is 0 Å². The van der Waals surface area contributed by atoms with Crippen LogP contribution in [0.4, 0.5) is 0 Å². The summed E-state index contributed by atoms with van der Waals surface area (Å²) in [5.41, 5.74) is 0. The molecule has 0 aromatic carbocycles. The summed E-state index contributed by atoms with van der Waals surface area (Å²) in [5.74, 6) is 0. The molecular formula is C10H18N2O3. The van der Waals surface area contributed by atoms with Crippen LogP contribution >= 0.6 is 0 Å². The summed E-state index contributed by atoms with van der Waals surface area (Å²) in [4.78, 5) is 3.89. The van der Waals surface area contributed by atoms with Gasteiger partial charge in [0.05, 0.1) is 38.8 Å². The summed E-state index contributed by atoms with van der Waals surface area (Å²) in [5, 5.41) is 9.56. The van der Waals surface area contributed by atoms with E-state index in [9.17, 15) is 5.11 Å². The highest BCUT2D eigenvalue weighted by molar-refractivity contribution is 4.75. The third-order valence-electron chi connectivity index (χ3n) is 1.87. The summed E-state index contributed by atoms with van der Waals surface area (Å²) >= 11 is 0. The van der Waals surface area contributed by atoms with E-state index >= 15 is 0 Å². The Balaban J connectivity index is 2.01. The van der Waals surface area contributed by atoms with Crippen LogP contribution in [0.2, 0.25) is 0 Å². The third-order valence-corrected chi connectivity index (χ3v) is 1.87. The maximum atomic E-state index is 9.56. The SMILES string of the molecule is CCOCCOCC(O)Cn1ccnc1. The molecule has 0 aliphatic carbocycles. The van der Waals surface area contributed by atoms with Crippen molar-refractivity contribution in [1.82, 2.24) is 9.55 Å². The van der Waals surface area contributed by atoms with Gasteiger partial charge < -0.3 is 19.1 Å². The van der Waals surface area contributed by atoms with E-state index < -0.39 is 6.10 Å². The molecule has 0 spiro atoms. The summed E-state index contributed by atoms with van der Waals surface area (Å²) in [6.07, 6.45) is 4.66. The van der Waals surface area contributed by atoms with Gasteiger partial charge in [0.15, 0.2) is 0 Å². The molecule has 1 aromatic heterocycles. The van der Waals surface area contributed by atoms with Crippen molar-refractivity contribution < 1.29 is 14.6 Å². The van der Waals surface area contributed by atoms with Crippen molar-refractivity contribution in [2.24, 2.45) is 0 Å². The number of aliphatic hydroxyl groups is 1. The highest BCUT2D eigenvalue weighted by Gasteiger charge is 2.04. The largest absolute Gasteiger partial charge is 0.389 e. The second kappa shape index (κ2) is 7.39. The Morgan fingerprint density at radius 2 is 2.20 bits per heavy atom. The smallest absolute Gasteiger partial charge is 0.0952 e.